The Kier molecular flexibility index (Phi) is 6.42. The molecule has 4 rings (SSSR count). The number of nitrogens with one attached hydrogen (secondary N) is 3. The fraction of sp³-hybridized carbons (Fsp3) is 0.250. The summed E-state index contributed by atoms with van der Waals surface area (Å²) >= 11 is 1.50. The molecule has 9 heteroatoms. The monoisotopic (exact) mass is 473 g/mol. The maximum absolute atomic E-state index is 13.0. The molecule has 0 aliphatic heterocycles. The van der Waals surface area contributed by atoms with Gasteiger partial charge in [0.2, 0.25) is 5.91 Å². The number of urea groups is 1. The molecule has 1 aromatic heterocycles. The normalized spacial score (nSPS) is 14.4. The Labute approximate surface area is 193 Å². The predicted octanol–water partition coefficient (Wildman–Crippen LogP) is 6.46. The standard InChI is InChI=1S/C24H22F3N3O2S/c1-14(22(31)28-18-6-7-18)15-5-8-20(16-9-10-33-13-16)21(11-15)30-23(32)29-19-4-2-3-17(12-19)24(25,26)27/h2-5,8-14,18H,6-7H2,1H3,(H,28,31)(H2,29,30,32). The van der Waals surface area contributed by atoms with Gasteiger partial charge in [0, 0.05) is 17.3 Å². The quantitative estimate of drug-likeness (QED) is 0.385. The van der Waals surface area contributed by atoms with Crippen LogP contribution < -0.4 is 16.0 Å². The van der Waals surface area contributed by atoms with Crippen LogP contribution in [0.15, 0.2) is 59.3 Å². The Bertz CT molecular complexity index is 1160. The fourth-order valence-corrected chi connectivity index (χ4v) is 4.02. The first-order valence-electron chi connectivity index (χ1n) is 10.4. The fourth-order valence-electron chi connectivity index (χ4n) is 3.37. The molecule has 1 heterocycles. The molecule has 33 heavy (non-hydrogen) atoms. The molecule has 0 bridgehead atoms. The van der Waals surface area contributed by atoms with E-state index in [1.165, 1.54) is 23.5 Å². The number of carbonyl (C=O) groups excluding carboxylic acids is 2. The molecule has 0 saturated heterocycles. The third-order valence-electron chi connectivity index (χ3n) is 5.39. The molecule has 1 aliphatic carbocycles. The van der Waals surface area contributed by atoms with Crippen molar-refractivity contribution in [3.8, 4) is 11.1 Å². The lowest BCUT2D eigenvalue weighted by Gasteiger charge is -2.17. The van der Waals surface area contributed by atoms with Gasteiger partial charge in [0.1, 0.15) is 0 Å². The first-order valence-corrected chi connectivity index (χ1v) is 11.4. The summed E-state index contributed by atoms with van der Waals surface area (Å²) in [5, 5.41) is 12.0. The molecule has 0 radical (unpaired) electrons. The van der Waals surface area contributed by atoms with Crippen LogP contribution in [0.25, 0.3) is 11.1 Å². The Balaban J connectivity index is 1.56. The summed E-state index contributed by atoms with van der Waals surface area (Å²) in [6.07, 6.45) is -2.54. The summed E-state index contributed by atoms with van der Waals surface area (Å²) in [5.41, 5.74) is 1.98. The van der Waals surface area contributed by atoms with E-state index < -0.39 is 23.7 Å². The van der Waals surface area contributed by atoms with E-state index in [0.717, 1.165) is 41.7 Å². The number of rotatable bonds is 6. The summed E-state index contributed by atoms with van der Waals surface area (Å²) in [4.78, 5) is 25.1. The van der Waals surface area contributed by atoms with Gasteiger partial charge in [-0.1, -0.05) is 18.2 Å². The summed E-state index contributed by atoms with van der Waals surface area (Å²) in [6.45, 7) is 1.80. The van der Waals surface area contributed by atoms with Crippen LogP contribution in [0.3, 0.4) is 0 Å². The van der Waals surface area contributed by atoms with Gasteiger partial charge in [-0.25, -0.2) is 4.79 Å². The van der Waals surface area contributed by atoms with Gasteiger partial charge >= 0.3 is 12.2 Å². The van der Waals surface area contributed by atoms with Crippen LogP contribution in [-0.2, 0) is 11.0 Å². The van der Waals surface area contributed by atoms with E-state index in [1.54, 1.807) is 13.0 Å². The van der Waals surface area contributed by atoms with Crippen molar-refractivity contribution in [1.29, 1.82) is 0 Å². The van der Waals surface area contributed by atoms with E-state index in [-0.39, 0.29) is 17.6 Å². The van der Waals surface area contributed by atoms with Crippen LogP contribution in [0, 0.1) is 0 Å². The first kappa shape index (κ1) is 22.8. The van der Waals surface area contributed by atoms with Gasteiger partial charge < -0.3 is 16.0 Å². The highest BCUT2D eigenvalue weighted by molar-refractivity contribution is 7.08. The average molecular weight is 474 g/mol. The molecular formula is C24H22F3N3O2S. The molecule has 1 atom stereocenters. The number of alkyl halides is 3. The summed E-state index contributed by atoms with van der Waals surface area (Å²) in [7, 11) is 0. The highest BCUT2D eigenvalue weighted by Gasteiger charge is 2.30. The topological polar surface area (TPSA) is 70.2 Å². The van der Waals surface area contributed by atoms with Crippen LogP contribution in [0.4, 0.5) is 29.3 Å². The maximum atomic E-state index is 13.0. The third-order valence-corrected chi connectivity index (χ3v) is 6.07. The van der Waals surface area contributed by atoms with Crippen molar-refractivity contribution in [3.05, 3.63) is 70.4 Å². The zero-order valence-electron chi connectivity index (χ0n) is 17.7. The van der Waals surface area contributed by atoms with Gasteiger partial charge in [-0.05, 0) is 72.0 Å². The van der Waals surface area contributed by atoms with Crippen molar-refractivity contribution in [1.82, 2.24) is 5.32 Å². The SMILES string of the molecule is CC(C(=O)NC1CC1)c1ccc(-c2ccsc2)c(NC(=O)Nc2cccc(C(F)(F)F)c2)c1. The van der Waals surface area contributed by atoms with Crippen molar-refractivity contribution in [2.45, 2.75) is 37.9 Å². The van der Waals surface area contributed by atoms with Gasteiger partial charge in [0.05, 0.1) is 17.2 Å². The number of hydrogen-bond acceptors (Lipinski definition) is 3. The van der Waals surface area contributed by atoms with E-state index in [0.29, 0.717) is 5.69 Å². The zero-order chi connectivity index (χ0) is 23.6. The van der Waals surface area contributed by atoms with Crippen LogP contribution in [-0.4, -0.2) is 18.0 Å². The highest BCUT2D eigenvalue weighted by atomic mass is 32.1. The molecule has 1 unspecified atom stereocenters. The lowest BCUT2D eigenvalue weighted by atomic mass is 9.96. The Morgan fingerprint density at radius 1 is 1.06 bits per heavy atom. The number of halogens is 3. The zero-order valence-corrected chi connectivity index (χ0v) is 18.5. The highest BCUT2D eigenvalue weighted by Crippen LogP contribution is 2.34. The van der Waals surface area contributed by atoms with E-state index in [2.05, 4.69) is 16.0 Å². The van der Waals surface area contributed by atoms with Gasteiger partial charge in [-0.2, -0.15) is 24.5 Å². The molecular weight excluding hydrogens is 451 g/mol. The van der Waals surface area contributed by atoms with Gasteiger partial charge in [0.25, 0.3) is 0 Å². The Morgan fingerprint density at radius 2 is 1.85 bits per heavy atom. The van der Waals surface area contributed by atoms with Crippen LogP contribution >= 0.6 is 11.3 Å². The molecule has 172 valence electrons. The van der Waals surface area contributed by atoms with Crippen molar-refractivity contribution < 1.29 is 22.8 Å². The molecule has 5 nitrogen and oxygen atoms in total. The first-order chi connectivity index (χ1) is 15.7. The summed E-state index contributed by atoms with van der Waals surface area (Å²) in [6, 6.07) is 11.3. The van der Waals surface area contributed by atoms with E-state index in [1.807, 2.05) is 29.0 Å². The number of carbonyl (C=O) groups is 2. The molecule has 0 spiro atoms. The second kappa shape index (κ2) is 9.27. The molecule has 2 aromatic carbocycles. The molecule has 3 N–H and O–H groups in total. The van der Waals surface area contributed by atoms with Crippen molar-refractivity contribution in [2.24, 2.45) is 0 Å². The van der Waals surface area contributed by atoms with Crippen LogP contribution in [0.1, 0.15) is 36.8 Å². The number of anilines is 2. The van der Waals surface area contributed by atoms with Crippen molar-refractivity contribution in [2.75, 3.05) is 10.6 Å². The molecule has 3 amide bonds. The largest absolute Gasteiger partial charge is 0.416 e. The van der Waals surface area contributed by atoms with Crippen molar-refractivity contribution in [3.63, 3.8) is 0 Å². The summed E-state index contributed by atoms with van der Waals surface area (Å²) < 4.78 is 38.9. The number of benzene rings is 2. The molecule has 3 aromatic rings. The molecule has 1 fully saturated rings. The summed E-state index contributed by atoms with van der Waals surface area (Å²) in [5.74, 6) is -0.505. The average Bonchev–Trinajstić information content (AvgIpc) is 3.41. The van der Waals surface area contributed by atoms with Gasteiger partial charge in [0.15, 0.2) is 0 Å². The van der Waals surface area contributed by atoms with Crippen molar-refractivity contribution >= 4 is 34.6 Å². The van der Waals surface area contributed by atoms with E-state index in [9.17, 15) is 22.8 Å². The lowest BCUT2D eigenvalue weighted by molar-refractivity contribution is -0.137. The smallest absolute Gasteiger partial charge is 0.353 e. The minimum absolute atomic E-state index is 0.0211. The maximum Gasteiger partial charge on any atom is 0.416 e. The number of thiophene rings is 1. The Morgan fingerprint density at radius 3 is 2.52 bits per heavy atom. The third kappa shape index (κ3) is 5.73. The lowest BCUT2D eigenvalue weighted by Crippen LogP contribution is -2.29. The second-order valence-corrected chi connectivity index (χ2v) is 8.76. The van der Waals surface area contributed by atoms with Gasteiger partial charge in [-0.15, -0.1) is 0 Å². The van der Waals surface area contributed by atoms with Crippen LogP contribution in [0.5, 0.6) is 0 Å². The minimum atomic E-state index is -4.51. The predicted molar refractivity (Wildman–Crippen MR) is 123 cm³/mol. The second-order valence-electron chi connectivity index (χ2n) is 7.98. The minimum Gasteiger partial charge on any atom is -0.353 e. The van der Waals surface area contributed by atoms with Gasteiger partial charge in [-0.3, -0.25) is 4.79 Å². The van der Waals surface area contributed by atoms with Crippen LogP contribution in [0.2, 0.25) is 0 Å². The van der Waals surface area contributed by atoms with E-state index >= 15 is 0 Å². The molecule has 1 aliphatic rings. The number of amides is 3. The number of hydrogen-bond donors (Lipinski definition) is 3. The van der Waals surface area contributed by atoms with E-state index in [4.69, 9.17) is 0 Å². The molecule has 1 saturated carbocycles. The Hall–Kier alpha value is -3.33.